The SMILES string of the molecule is C=Cc1cccc(/C=C/c2cc([N+](=O)[O-])ccc2O)[n+]1CCN. The fourth-order valence-corrected chi connectivity index (χ4v) is 2.25. The van der Waals surface area contributed by atoms with E-state index in [2.05, 4.69) is 6.58 Å². The molecule has 0 fully saturated rings. The van der Waals surface area contributed by atoms with Crippen LogP contribution in [0.4, 0.5) is 5.69 Å². The van der Waals surface area contributed by atoms with Crippen molar-refractivity contribution >= 4 is 23.9 Å². The third-order valence-corrected chi connectivity index (χ3v) is 3.37. The van der Waals surface area contributed by atoms with Crippen LogP contribution in [0, 0.1) is 10.1 Å². The Hall–Kier alpha value is -2.99. The molecule has 0 aliphatic heterocycles. The highest BCUT2D eigenvalue weighted by atomic mass is 16.6. The number of hydrogen-bond donors (Lipinski definition) is 2. The summed E-state index contributed by atoms with van der Waals surface area (Å²) in [5, 5.41) is 20.7. The van der Waals surface area contributed by atoms with Crippen LogP contribution < -0.4 is 10.3 Å². The minimum atomic E-state index is -0.496. The van der Waals surface area contributed by atoms with Gasteiger partial charge in [0.2, 0.25) is 11.4 Å². The fourth-order valence-electron chi connectivity index (χ4n) is 2.25. The van der Waals surface area contributed by atoms with E-state index >= 15 is 0 Å². The van der Waals surface area contributed by atoms with Crippen molar-refractivity contribution in [2.24, 2.45) is 5.73 Å². The molecule has 0 radical (unpaired) electrons. The van der Waals surface area contributed by atoms with Gasteiger partial charge >= 0.3 is 0 Å². The number of benzene rings is 1. The van der Waals surface area contributed by atoms with Gasteiger partial charge in [0.05, 0.1) is 11.5 Å². The summed E-state index contributed by atoms with van der Waals surface area (Å²) in [6, 6.07) is 9.61. The minimum Gasteiger partial charge on any atom is -0.507 e. The van der Waals surface area contributed by atoms with Crippen LogP contribution in [0.5, 0.6) is 5.75 Å². The van der Waals surface area contributed by atoms with Crippen molar-refractivity contribution in [2.45, 2.75) is 6.54 Å². The van der Waals surface area contributed by atoms with Crippen molar-refractivity contribution < 1.29 is 14.6 Å². The third-order valence-electron chi connectivity index (χ3n) is 3.37. The zero-order valence-corrected chi connectivity index (χ0v) is 12.6. The number of nitro benzene ring substituents is 1. The van der Waals surface area contributed by atoms with Crippen LogP contribution in [-0.4, -0.2) is 16.6 Å². The van der Waals surface area contributed by atoms with Gasteiger partial charge in [0.15, 0.2) is 6.54 Å². The van der Waals surface area contributed by atoms with Crippen LogP contribution in [0.15, 0.2) is 43.0 Å². The Bertz CT molecular complexity index is 770. The van der Waals surface area contributed by atoms with E-state index < -0.39 is 4.92 Å². The van der Waals surface area contributed by atoms with Crippen LogP contribution in [-0.2, 0) is 6.54 Å². The number of non-ortho nitro benzene ring substituents is 1. The number of phenolic OH excluding ortho intramolecular Hbond substituents is 1. The monoisotopic (exact) mass is 312 g/mol. The number of pyridine rings is 1. The van der Waals surface area contributed by atoms with Gasteiger partial charge in [0.1, 0.15) is 5.75 Å². The molecule has 6 nitrogen and oxygen atoms in total. The van der Waals surface area contributed by atoms with Gasteiger partial charge < -0.3 is 10.8 Å². The predicted octanol–water partition coefficient (Wildman–Crippen LogP) is 2.36. The molecular weight excluding hydrogens is 294 g/mol. The topological polar surface area (TPSA) is 93.3 Å². The first kappa shape index (κ1) is 16.4. The largest absolute Gasteiger partial charge is 0.507 e. The molecule has 0 bridgehead atoms. The first-order valence-electron chi connectivity index (χ1n) is 7.07. The molecule has 0 aliphatic carbocycles. The van der Waals surface area contributed by atoms with Crippen LogP contribution >= 0.6 is 0 Å². The normalized spacial score (nSPS) is 10.8. The molecule has 0 saturated carbocycles. The van der Waals surface area contributed by atoms with E-state index in [1.165, 1.54) is 18.2 Å². The fraction of sp³-hybridized carbons (Fsp3) is 0.118. The lowest BCUT2D eigenvalue weighted by molar-refractivity contribution is -0.697. The number of aromatic nitrogens is 1. The number of rotatable bonds is 6. The smallest absolute Gasteiger partial charge is 0.270 e. The highest BCUT2D eigenvalue weighted by molar-refractivity contribution is 5.71. The zero-order valence-electron chi connectivity index (χ0n) is 12.6. The minimum absolute atomic E-state index is 0.0166. The van der Waals surface area contributed by atoms with Crippen LogP contribution in [0.3, 0.4) is 0 Å². The predicted molar refractivity (Wildman–Crippen MR) is 89.5 cm³/mol. The van der Waals surface area contributed by atoms with Crippen molar-refractivity contribution in [1.82, 2.24) is 0 Å². The summed E-state index contributed by atoms with van der Waals surface area (Å²) >= 11 is 0. The van der Waals surface area contributed by atoms with E-state index in [1.807, 2.05) is 22.8 Å². The molecule has 0 saturated heterocycles. The summed E-state index contributed by atoms with van der Waals surface area (Å²) in [6.07, 6.45) is 5.15. The number of hydrogen-bond acceptors (Lipinski definition) is 4. The van der Waals surface area contributed by atoms with E-state index in [1.54, 1.807) is 18.2 Å². The Balaban J connectivity index is 2.43. The van der Waals surface area contributed by atoms with E-state index in [0.29, 0.717) is 18.7 Å². The number of aromatic hydroxyl groups is 1. The van der Waals surface area contributed by atoms with Crippen LogP contribution in [0.1, 0.15) is 17.0 Å². The number of nitrogens with two attached hydrogens (primary N) is 1. The molecule has 1 heterocycles. The van der Waals surface area contributed by atoms with E-state index in [9.17, 15) is 15.2 Å². The summed E-state index contributed by atoms with van der Waals surface area (Å²) in [5.41, 5.74) is 7.73. The molecule has 3 N–H and O–H groups in total. The molecule has 0 amide bonds. The molecular formula is C17H18N3O3+. The summed E-state index contributed by atoms with van der Waals surface area (Å²) in [4.78, 5) is 10.3. The van der Waals surface area contributed by atoms with Gasteiger partial charge in [-0.3, -0.25) is 10.1 Å². The van der Waals surface area contributed by atoms with Crippen LogP contribution in [0.25, 0.3) is 18.2 Å². The summed E-state index contributed by atoms with van der Waals surface area (Å²) in [7, 11) is 0. The average molecular weight is 312 g/mol. The Morgan fingerprint density at radius 2 is 2.00 bits per heavy atom. The lowest BCUT2D eigenvalue weighted by atomic mass is 10.1. The first-order valence-corrected chi connectivity index (χ1v) is 7.07. The Labute approximate surface area is 134 Å². The van der Waals surface area contributed by atoms with Gasteiger partial charge in [-0.15, -0.1) is 0 Å². The van der Waals surface area contributed by atoms with Crippen LogP contribution in [0.2, 0.25) is 0 Å². The van der Waals surface area contributed by atoms with Crippen molar-refractivity contribution in [3.8, 4) is 5.75 Å². The molecule has 118 valence electrons. The Morgan fingerprint density at radius 1 is 1.26 bits per heavy atom. The molecule has 0 aliphatic rings. The molecule has 0 unspecified atom stereocenters. The van der Waals surface area contributed by atoms with Gasteiger partial charge in [-0.25, -0.2) is 0 Å². The average Bonchev–Trinajstić information content (AvgIpc) is 2.55. The molecule has 0 spiro atoms. The third kappa shape index (κ3) is 3.81. The van der Waals surface area contributed by atoms with E-state index in [0.717, 1.165) is 11.4 Å². The molecule has 1 aromatic heterocycles. The van der Waals surface area contributed by atoms with Gasteiger partial charge in [0.25, 0.3) is 5.69 Å². The second-order valence-electron chi connectivity index (χ2n) is 4.85. The second kappa shape index (κ2) is 7.33. The quantitative estimate of drug-likeness (QED) is 0.486. The summed E-state index contributed by atoms with van der Waals surface area (Å²) in [5.74, 6) is -0.0166. The molecule has 0 atom stereocenters. The number of nitro groups is 1. The maximum absolute atomic E-state index is 10.8. The van der Waals surface area contributed by atoms with Crippen molar-refractivity contribution in [1.29, 1.82) is 0 Å². The molecule has 1 aromatic carbocycles. The highest BCUT2D eigenvalue weighted by Crippen LogP contribution is 2.24. The number of nitrogens with zero attached hydrogens (tertiary/aromatic N) is 2. The number of phenols is 1. The van der Waals surface area contributed by atoms with Gasteiger partial charge in [-0.2, -0.15) is 4.57 Å². The Kier molecular flexibility index (Phi) is 5.22. The van der Waals surface area contributed by atoms with Gasteiger partial charge in [0, 0.05) is 42.0 Å². The zero-order chi connectivity index (χ0) is 16.8. The lowest BCUT2D eigenvalue weighted by Crippen LogP contribution is -2.43. The van der Waals surface area contributed by atoms with E-state index in [-0.39, 0.29) is 11.4 Å². The van der Waals surface area contributed by atoms with Gasteiger partial charge in [-0.1, -0.05) is 6.58 Å². The highest BCUT2D eigenvalue weighted by Gasteiger charge is 2.12. The first-order chi connectivity index (χ1) is 11.1. The molecule has 2 aromatic rings. The standard InChI is InChI=1S/C17H17N3O3/c1-2-14-4-3-5-15(19(14)11-10-18)7-6-13-12-16(20(22)23)8-9-17(13)21/h2-9,12H,1,10-11,18H2/p+1. The van der Waals surface area contributed by atoms with E-state index in [4.69, 9.17) is 5.73 Å². The maximum Gasteiger partial charge on any atom is 0.270 e. The summed E-state index contributed by atoms with van der Waals surface area (Å²) < 4.78 is 1.98. The van der Waals surface area contributed by atoms with Crippen molar-refractivity contribution in [3.63, 3.8) is 0 Å². The summed E-state index contributed by atoms with van der Waals surface area (Å²) in [6.45, 7) is 4.86. The Morgan fingerprint density at radius 3 is 2.65 bits per heavy atom. The maximum atomic E-state index is 10.8. The van der Waals surface area contributed by atoms with Crippen molar-refractivity contribution in [2.75, 3.05) is 6.54 Å². The van der Waals surface area contributed by atoms with Gasteiger partial charge in [-0.05, 0) is 18.2 Å². The molecule has 2 rings (SSSR count). The van der Waals surface area contributed by atoms with Crippen molar-refractivity contribution in [3.05, 3.63) is 70.0 Å². The molecule has 23 heavy (non-hydrogen) atoms. The lowest BCUT2D eigenvalue weighted by Gasteiger charge is -2.03. The molecule has 6 heteroatoms. The second-order valence-corrected chi connectivity index (χ2v) is 4.85.